The lowest BCUT2D eigenvalue weighted by atomic mass is 10.2. The van der Waals surface area contributed by atoms with Crippen LogP contribution < -0.4 is 0 Å². The van der Waals surface area contributed by atoms with Crippen molar-refractivity contribution in [2.45, 2.75) is 6.10 Å². The molecule has 0 spiro atoms. The van der Waals surface area contributed by atoms with Crippen LogP contribution in [0.4, 0.5) is 0 Å². The zero-order chi connectivity index (χ0) is 7.40. The minimum atomic E-state index is -0.414. The average molecular weight is 202 g/mol. The Morgan fingerprint density at radius 3 is 2.60 bits per heavy atom. The molecule has 1 N–H and O–H groups in total. The maximum atomic E-state index is 9.25. The first kappa shape index (κ1) is 7.69. The van der Waals surface area contributed by atoms with Gasteiger partial charge in [-0.1, -0.05) is 15.9 Å². The molecule has 10 heavy (non-hydrogen) atoms. The Bertz CT molecular complexity index is 190. The van der Waals surface area contributed by atoms with Gasteiger partial charge in [0.25, 0.3) is 0 Å². The predicted molar refractivity (Wildman–Crippen MR) is 43.0 cm³/mol. The molecule has 1 rings (SSSR count). The van der Waals surface area contributed by atoms with Gasteiger partial charge in [0.2, 0.25) is 0 Å². The van der Waals surface area contributed by atoms with Crippen LogP contribution in [0.25, 0.3) is 0 Å². The maximum absolute atomic E-state index is 9.25. The SMILES string of the molecule is OC(CBr)c1ccncc1. The number of aliphatic hydroxyl groups excluding tert-OH is 1. The van der Waals surface area contributed by atoms with Crippen LogP contribution in [0.15, 0.2) is 24.5 Å². The second-order valence-corrected chi connectivity index (χ2v) is 2.60. The van der Waals surface area contributed by atoms with Crippen LogP contribution in [0, 0.1) is 0 Å². The number of aliphatic hydroxyl groups is 1. The molecule has 1 aromatic rings. The summed E-state index contributed by atoms with van der Waals surface area (Å²) >= 11 is 3.18. The highest BCUT2D eigenvalue weighted by Gasteiger charge is 2.02. The molecule has 3 heteroatoms. The van der Waals surface area contributed by atoms with E-state index in [-0.39, 0.29) is 0 Å². The van der Waals surface area contributed by atoms with Crippen molar-refractivity contribution in [2.24, 2.45) is 0 Å². The van der Waals surface area contributed by atoms with Crippen molar-refractivity contribution in [1.29, 1.82) is 0 Å². The highest BCUT2D eigenvalue weighted by molar-refractivity contribution is 9.09. The van der Waals surface area contributed by atoms with Crippen LogP contribution >= 0.6 is 15.9 Å². The molecular weight excluding hydrogens is 194 g/mol. The Hall–Kier alpha value is -0.410. The van der Waals surface area contributed by atoms with Crippen LogP contribution in [0.1, 0.15) is 11.7 Å². The van der Waals surface area contributed by atoms with Gasteiger partial charge in [-0.05, 0) is 17.7 Å². The molecule has 0 aliphatic carbocycles. The van der Waals surface area contributed by atoms with E-state index in [0.29, 0.717) is 5.33 Å². The quantitative estimate of drug-likeness (QED) is 0.737. The highest BCUT2D eigenvalue weighted by atomic mass is 79.9. The van der Waals surface area contributed by atoms with Gasteiger partial charge in [0.05, 0.1) is 6.10 Å². The topological polar surface area (TPSA) is 33.1 Å². The number of aromatic nitrogens is 1. The summed E-state index contributed by atoms with van der Waals surface area (Å²) < 4.78 is 0. The Kier molecular flexibility index (Phi) is 2.83. The summed E-state index contributed by atoms with van der Waals surface area (Å²) in [7, 11) is 0. The maximum Gasteiger partial charge on any atom is 0.0887 e. The number of hydrogen-bond acceptors (Lipinski definition) is 2. The van der Waals surface area contributed by atoms with Crippen LogP contribution in [0.3, 0.4) is 0 Å². The summed E-state index contributed by atoms with van der Waals surface area (Å²) in [6, 6.07) is 3.60. The van der Waals surface area contributed by atoms with Gasteiger partial charge in [-0.25, -0.2) is 0 Å². The van der Waals surface area contributed by atoms with E-state index in [9.17, 15) is 5.11 Å². The third-order valence-corrected chi connectivity index (χ3v) is 1.85. The second kappa shape index (κ2) is 3.68. The molecular formula is C7H8BrNO. The fourth-order valence-electron chi connectivity index (χ4n) is 0.675. The summed E-state index contributed by atoms with van der Waals surface area (Å²) in [4.78, 5) is 3.84. The molecule has 0 radical (unpaired) electrons. The van der Waals surface area contributed by atoms with Gasteiger partial charge in [0.15, 0.2) is 0 Å². The smallest absolute Gasteiger partial charge is 0.0887 e. The minimum absolute atomic E-state index is 0.414. The van der Waals surface area contributed by atoms with Gasteiger partial charge >= 0.3 is 0 Å². The fraction of sp³-hybridized carbons (Fsp3) is 0.286. The van der Waals surface area contributed by atoms with E-state index in [1.165, 1.54) is 0 Å². The monoisotopic (exact) mass is 201 g/mol. The molecule has 0 aromatic carbocycles. The van der Waals surface area contributed by atoms with E-state index in [1.54, 1.807) is 24.5 Å². The van der Waals surface area contributed by atoms with E-state index in [4.69, 9.17) is 0 Å². The molecule has 2 nitrogen and oxygen atoms in total. The lowest BCUT2D eigenvalue weighted by Gasteiger charge is -2.04. The highest BCUT2D eigenvalue weighted by Crippen LogP contribution is 2.12. The van der Waals surface area contributed by atoms with Crippen molar-refractivity contribution < 1.29 is 5.11 Å². The van der Waals surface area contributed by atoms with Crippen molar-refractivity contribution in [3.05, 3.63) is 30.1 Å². The van der Waals surface area contributed by atoms with Gasteiger partial charge in [0.1, 0.15) is 0 Å². The zero-order valence-corrected chi connectivity index (χ0v) is 6.95. The van der Waals surface area contributed by atoms with Gasteiger partial charge in [-0.3, -0.25) is 4.98 Å². The molecule has 0 fully saturated rings. The normalized spacial score (nSPS) is 13.0. The number of pyridine rings is 1. The molecule has 1 atom stereocenters. The molecule has 1 heterocycles. The number of alkyl halides is 1. The Labute approximate surface area is 68.0 Å². The van der Waals surface area contributed by atoms with Crippen LogP contribution in [0.5, 0.6) is 0 Å². The lowest BCUT2D eigenvalue weighted by molar-refractivity contribution is 0.205. The molecule has 0 aliphatic rings. The number of halogens is 1. The summed E-state index contributed by atoms with van der Waals surface area (Å²) in [5.41, 5.74) is 0.895. The van der Waals surface area contributed by atoms with Crippen molar-refractivity contribution in [2.75, 3.05) is 5.33 Å². The largest absolute Gasteiger partial charge is 0.388 e. The zero-order valence-electron chi connectivity index (χ0n) is 5.37. The van der Waals surface area contributed by atoms with E-state index in [1.807, 2.05) is 0 Å². The van der Waals surface area contributed by atoms with Crippen LogP contribution in [-0.4, -0.2) is 15.4 Å². The Morgan fingerprint density at radius 2 is 2.10 bits per heavy atom. The first-order chi connectivity index (χ1) is 4.84. The van der Waals surface area contributed by atoms with Gasteiger partial charge in [0, 0.05) is 17.7 Å². The van der Waals surface area contributed by atoms with Gasteiger partial charge < -0.3 is 5.11 Å². The third-order valence-electron chi connectivity index (χ3n) is 1.24. The van der Waals surface area contributed by atoms with E-state index < -0.39 is 6.10 Å². The van der Waals surface area contributed by atoms with Crippen molar-refractivity contribution >= 4 is 15.9 Å². The fourth-order valence-corrected chi connectivity index (χ4v) is 1.05. The van der Waals surface area contributed by atoms with Crippen molar-refractivity contribution in [3.8, 4) is 0 Å². The Balaban J connectivity index is 2.75. The number of rotatable bonds is 2. The molecule has 54 valence electrons. The summed E-state index contributed by atoms with van der Waals surface area (Å²) in [6.07, 6.45) is 2.92. The summed E-state index contributed by atoms with van der Waals surface area (Å²) in [5, 5.41) is 9.82. The van der Waals surface area contributed by atoms with E-state index in [2.05, 4.69) is 20.9 Å². The molecule has 0 saturated heterocycles. The standard InChI is InChI=1S/C7H8BrNO/c8-5-7(10)6-1-3-9-4-2-6/h1-4,7,10H,5H2. The predicted octanol–water partition coefficient (Wildman–Crippen LogP) is 1.51. The molecule has 1 unspecified atom stereocenters. The molecule has 0 saturated carbocycles. The molecule has 0 aliphatic heterocycles. The van der Waals surface area contributed by atoms with Crippen molar-refractivity contribution in [1.82, 2.24) is 4.98 Å². The summed E-state index contributed by atoms with van der Waals surface area (Å²) in [6.45, 7) is 0. The first-order valence-corrected chi connectivity index (χ1v) is 4.10. The molecule has 1 aromatic heterocycles. The average Bonchev–Trinajstić information content (AvgIpc) is 2.05. The van der Waals surface area contributed by atoms with E-state index in [0.717, 1.165) is 5.56 Å². The van der Waals surface area contributed by atoms with Crippen molar-refractivity contribution in [3.63, 3.8) is 0 Å². The van der Waals surface area contributed by atoms with Crippen LogP contribution in [-0.2, 0) is 0 Å². The second-order valence-electron chi connectivity index (χ2n) is 1.95. The van der Waals surface area contributed by atoms with E-state index >= 15 is 0 Å². The lowest BCUT2D eigenvalue weighted by Crippen LogP contribution is -1.97. The number of nitrogens with zero attached hydrogens (tertiary/aromatic N) is 1. The van der Waals surface area contributed by atoms with Gasteiger partial charge in [-0.2, -0.15) is 0 Å². The Morgan fingerprint density at radius 1 is 1.50 bits per heavy atom. The minimum Gasteiger partial charge on any atom is -0.388 e. The molecule has 0 bridgehead atoms. The summed E-state index contributed by atoms with van der Waals surface area (Å²) in [5.74, 6) is 0. The first-order valence-electron chi connectivity index (χ1n) is 2.98. The number of hydrogen-bond donors (Lipinski definition) is 1. The third kappa shape index (κ3) is 1.78. The molecule has 0 amide bonds. The van der Waals surface area contributed by atoms with Gasteiger partial charge in [-0.15, -0.1) is 0 Å². The van der Waals surface area contributed by atoms with Crippen LogP contribution in [0.2, 0.25) is 0 Å².